The van der Waals surface area contributed by atoms with E-state index < -0.39 is 16.8 Å². The van der Waals surface area contributed by atoms with Crippen LogP contribution in [-0.4, -0.2) is 26.8 Å². The van der Waals surface area contributed by atoms with Gasteiger partial charge in [0, 0.05) is 27.4 Å². The van der Waals surface area contributed by atoms with E-state index in [4.69, 9.17) is 9.47 Å². The molecule has 2 aromatic carbocycles. The largest absolute Gasteiger partial charge is 0.487 e. The quantitative estimate of drug-likeness (QED) is 0.392. The summed E-state index contributed by atoms with van der Waals surface area (Å²) in [6.07, 6.45) is 4.86. The highest BCUT2D eigenvalue weighted by atomic mass is 32.2. The number of thiophene rings is 1. The van der Waals surface area contributed by atoms with Crippen molar-refractivity contribution in [1.82, 2.24) is 9.97 Å². The summed E-state index contributed by atoms with van der Waals surface area (Å²) in [6, 6.07) is 14.5. The maximum absolute atomic E-state index is 13.3. The molecule has 152 valence electrons. The highest BCUT2D eigenvalue weighted by Gasteiger charge is 2.25. The zero-order valence-corrected chi connectivity index (χ0v) is 17.7. The molecule has 30 heavy (non-hydrogen) atoms. The van der Waals surface area contributed by atoms with Gasteiger partial charge in [-0.05, 0) is 37.3 Å². The summed E-state index contributed by atoms with van der Waals surface area (Å²) in [7, 11) is -1.52. The lowest BCUT2D eigenvalue weighted by Crippen LogP contribution is -2.06. The molecule has 0 aliphatic heterocycles. The first-order valence-corrected chi connectivity index (χ1v) is 11.2. The third-order valence-corrected chi connectivity index (χ3v) is 6.98. The molecule has 0 fully saturated rings. The number of benzene rings is 2. The predicted molar refractivity (Wildman–Crippen MR) is 115 cm³/mol. The number of rotatable bonds is 7. The van der Waals surface area contributed by atoms with Gasteiger partial charge in [-0.25, -0.2) is 9.00 Å². The third kappa shape index (κ3) is 4.24. The molecule has 2 heterocycles. The number of carbonyl (C=O) groups excluding carboxylic acids is 1. The van der Waals surface area contributed by atoms with Crippen molar-refractivity contribution in [3.8, 4) is 5.75 Å². The fourth-order valence-electron chi connectivity index (χ4n) is 2.88. The molecule has 0 aliphatic rings. The van der Waals surface area contributed by atoms with Crippen molar-refractivity contribution in [2.24, 2.45) is 0 Å². The van der Waals surface area contributed by atoms with Crippen LogP contribution in [0.15, 0.2) is 76.9 Å². The zero-order valence-electron chi connectivity index (χ0n) is 16.1. The summed E-state index contributed by atoms with van der Waals surface area (Å²) in [4.78, 5) is 22.2. The summed E-state index contributed by atoms with van der Waals surface area (Å²) >= 11 is 1.26. The maximum atomic E-state index is 13.3. The van der Waals surface area contributed by atoms with E-state index in [2.05, 4.69) is 9.97 Å². The molecule has 8 heteroatoms. The number of hydrogen-bond donors (Lipinski definition) is 0. The zero-order chi connectivity index (χ0) is 20.9. The van der Waals surface area contributed by atoms with Crippen LogP contribution in [0.2, 0.25) is 0 Å². The number of ether oxygens (including phenoxy) is 2. The van der Waals surface area contributed by atoms with E-state index in [1.807, 2.05) is 30.3 Å². The van der Waals surface area contributed by atoms with Gasteiger partial charge in [0.25, 0.3) is 0 Å². The van der Waals surface area contributed by atoms with E-state index in [0.717, 1.165) is 10.1 Å². The van der Waals surface area contributed by atoms with Crippen LogP contribution < -0.4 is 4.74 Å². The fraction of sp³-hybridized carbons (Fsp3) is 0.136. The molecule has 4 aromatic rings. The first kappa shape index (κ1) is 20.2. The van der Waals surface area contributed by atoms with Crippen molar-refractivity contribution in [2.75, 3.05) is 6.61 Å². The lowest BCUT2D eigenvalue weighted by Gasteiger charge is -2.07. The Bertz CT molecular complexity index is 1190. The smallest absolute Gasteiger partial charge is 0.349 e. The van der Waals surface area contributed by atoms with Crippen LogP contribution in [0.4, 0.5) is 0 Å². The summed E-state index contributed by atoms with van der Waals surface area (Å²) in [5.41, 5.74) is 0.710. The SMILES string of the molecule is CCOC(=O)c1sc2cc(OCc3cnccn3)ccc2c1S(=O)c1ccccc1. The minimum absolute atomic E-state index is 0.247. The van der Waals surface area contributed by atoms with Gasteiger partial charge in [0.05, 0.1) is 34.2 Å². The first-order valence-electron chi connectivity index (χ1n) is 9.25. The van der Waals surface area contributed by atoms with Crippen molar-refractivity contribution in [3.63, 3.8) is 0 Å². The van der Waals surface area contributed by atoms with Gasteiger partial charge in [0.15, 0.2) is 0 Å². The van der Waals surface area contributed by atoms with Gasteiger partial charge >= 0.3 is 5.97 Å². The van der Waals surface area contributed by atoms with Crippen LogP contribution in [0.3, 0.4) is 0 Å². The molecule has 4 rings (SSSR count). The highest BCUT2D eigenvalue weighted by molar-refractivity contribution is 7.85. The van der Waals surface area contributed by atoms with E-state index in [1.54, 1.807) is 43.7 Å². The maximum Gasteiger partial charge on any atom is 0.349 e. The van der Waals surface area contributed by atoms with Gasteiger partial charge in [0.2, 0.25) is 0 Å². The first-order chi connectivity index (χ1) is 14.7. The fourth-order valence-corrected chi connectivity index (χ4v) is 5.59. The Labute approximate surface area is 180 Å². The number of esters is 1. The van der Waals surface area contributed by atoms with Crippen molar-refractivity contribution in [1.29, 1.82) is 0 Å². The van der Waals surface area contributed by atoms with Crippen LogP contribution in [0, 0.1) is 0 Å². The summed E-state index contributed by atoms with van der Waals surface area (Å²) in [5.74, 6) is 0.155. The molecule has 0 radical (unpaired) electrons. The third-order valence-electron chi connectivity index (χ3n) is 4.22. The van der Waals surface area contributed by atoms with Crippen LogP contribution in [0.5, 0.6) is 5.75 Å². The molecule has 0 bridgehead atoms. The molecule has 0 amide bonds. The number of hydrogen-bond acceptors (Lipinski definition) is 7. The second-order valence-corrected chi connectivity index (χ2v) is 8.68. The lowest BCUT2D eigenvalue weighted by molar-refractivity contribution is 0.0528. The van der Waals surface area contributed by atoms with Crippen molar-refractivity contribution in [3.05, 3.63) is 77.7 Å². The standard InChI is InChI=1S/C22H18N2O4S2/c1-2-27-22(25)20-21(30(26)17-6-4-3-5-7-17)18-9-8-16(12-19(18)29-20)28-14-15-13-23-10-11-24-15/h3-13H,2,14H2,1H3. The van der Waals surface area contributed by atoms with E-state index in [0.29, 0.717) is 26.1 Å². The number of fused-ring (bicyclic) bond motifs is 1. The van der Waals surface area contributed by atoms with E-state index >= 15 is 0 Å². The Morgan fingerprint density at radius 2 is 1.97 bits per heavy atom. The van der Waals surface area contributed by atoms with Gasteiger partial charge < -0.3 is 9.47 Å². The van der Waals surface area contributed by atoms with Gasteiger partial charge in [-0.15, -0.1) is 11.3 Å². The number of aromatic nitrogens is 2. The average Bonchev–Trinajstić information content (AvgIpc) is 3.17. The predicted octanol–water partition coefficient (Wildman–Crippen LogP) is 4.61. The monoisotopic (exact) mass is 438 g/mol. The van der Waals surface area contributed by atoms with E-state index in [-0.39, 0.29) is 13.2 Å². The van der Waals surface area contributed by atoms with Crippen LogP contribution in [-0.2, 0) is 22.1 Å². The topological polar surface area (TPSA) is 78.4 Å². The molecule has 0 saturated heterocycles. The molecule has 1 atom stereocenters. The lowest BCUT2D eigenvalue weighted by atomic mass is 10.2. The number of nitrogens with zero attached hydrogens (tertiary/aromatic N) is 2. The molecule has 0 saturated carbocycles. The molecule has 1 unspecified atom stereocenters. The van der Waals surface area contributed by atoms with Gasteiger partial charge in [0.1, 0.15) is 17.2 Å². The Morgan fingerprint density at radius 3 is 2.70 bits per heavy atom. The minimum Gasteiger partial charge on any atom is -0.487 e. The molecular weight excluding hydrogens is 420 g/mol. The molecule has 6 nitrogen and oxygen atoms in total. The van der Waals surface area contributed by atoms with Crippen molar-refractivity contribution < 1.29 is 18.5 Å². The van der Waals surface area contributed by atoms with E-state index in [9.17, 15) is 9.00 Å². The van der Waals surface area contributed by atoms with Crippen LogP contribution in [0.25, 0.3) is 10.1 Å². The molecule has 0 aliphatic carbocycles. The molecule has 2 aromatic heterocycles. The van der Waals surface area contributed by atoms with Crippen LogP contribution in [0.1, 0.15) is 22.3 Å². The average molecular weight is 439 g/mol. The van der Waals surface area contributed by atoms with Crippen molar-refractivity contribution in [2.45, 2.75) is 23.3 Å². The molecule has 0 N–H and O–H groups in total. The highest BCUT2D eigenvalue weighted by Crippen LogP contribution is 2.38. The Kier molecular flexibility index (Phi) is 6.15. The molecular formula is C22H18N2O4S2. The Morgan fingerprint density at radius 1 is 1.13 bits per heavy atom. The Balaban J connectivity index is 1.72. The van der Waals surface area contributed by atoms with Gasteiger partial charge in [-0.3, -0.25) is 9.97 Å². The second kappa shape index (κ2) is 9.15. The van der Waals surface area contributed by atoms with E-state index in [1.165, 1.54) is 11.3 Å². The van der Waals surface area contributed by atoms with Crippen molar-refractivity contribution >= 4 is 38.2 Å². The molecule has 0 spiro atoms. The summed E-state index contributed by atoms with van der Waals surface area (Å²) < 4.78 is 25.1. The van der Waals surface area contributed by atoms with Gasteiger partial charge in [-0.1, -0.05) is 18.2 Å². The normalized spacial score (nSPS) is 11.9. The van der Waals surface area contributed by atoms with Crippen LogP contribution >= 0.6 is 11.3 Å². The van der Waals surface area contributed by atoms with Gasteiger partial charge in [-0.2, -0.15) is 0 Å². The minimum atomic E-state index is -1.52. The summed E-state index contributed by atoms with van der Waals surface area (Å²) in [5, 5.41) is 0.747. The summed E-state index contributed by atoms with van der Waals surface area (Å²) in [6.45, 7) is 2.27. The number of carbonyl (C=O) groups is 1. The Hall–Kier alpha value is -3.10. The second-order valence-electron chi connectivity index (χ2n) is 6.21.